The Hall–Kier alpha value is -3.17. The van der Waals surface area contributed by atoms with Crippen LogP contribution < -0.4 is 4.72 Å². The van der Waals surface area contributed by atoms with Crippen molar-refractivity contribution in [3.05, 3.63) is 77.4 Å². The lowest BCUT2D eigenvalue weighted by Gasteiger charge is -2.37. The van der Waals surface area contributed by atoms with E-state index in [-0.39, 0.29) is 12.1 Å². The Kier molecular flexibility index (Phi) is 7.57. The number of piperidine rings is 1. The van der Waals surface area contributed by atoms with Crippen LogP contribution in [-0.4, -0.2) is 66.8 Å². The van der Waals surface area contributed by atoms with Crippen molar-refractivity contribution in [2.24, 2.45) is 0 Å². The quantitative estimate of drug-likeness (QED) is 0.542. The first-order valence-electron chi connectivity index (χ1n) is 11.8. The summed E-state index contributed by atoms with van der Waals surface area (Å²) in [5.41, 5.74) is 3.10. The SMILES string of the molecule is CS(=O)(=O)NC(=O)C=Cc1cccc(CN2CCC(N(C(=O)O)[C@@H]3C[C@H]3c3ccccc3)CC2)c1. The van der Waals surface area contributed by atoms with Gasteiger partial charge in [-0.05, 0) is 42.0 Å². The molecule has 2 aromatic rings. The van der Waals surface area contributed by atoms with Crippen LogP contribution in [0.5, 0.6) is 0 Å². The largest absolute Gasteiger partial charge is 0.465 e. The fourth-order valence-corrected chi connectivity index (χ4v) is 5.35. The van der Waals surface area contributed by atoms with Gasteiger partial charge in [0.1, 0.15) is 0 Å². The fraction of sp³-hybridized carbons (Fsp3) is 0.385. The summed E-state index contributed by atoms with van der Waals surface area (Å²) in [5.74, 6) is -0.395. The number of likely N-dealkylation sites (tertiary alicyclic amines) is 1. The number of nitrogens with zero attached hydrogens (tertiary/aromatic N) is 2. The molecule has 35 heavy (non-hydrogen) atoms. The lowest BCUT2D eigenvalue weighted by atomic mass is 10.0. The summed E-state index contributed by atoms with van der Waals surface area (Å²) < 4.78 is 24.2. The molecule has 1 heterocycles. The van der Waals surface area contributed by atoms with E-state index in [1.807, 2.05) is 47.2 Å². The number of sulfonamides is 1. The van der Waals surface area contributed by atoms with E-state index in [0.717, 1.165) is 56.3 Å². The Morgan fingerprint density at radius 1 is 1.11 bits per heavy atom. The van der Waals surface area contributed by atoms with Crippen molar-refractivity contribution >= 4 is 28.1 Å². The number of nitrogens with one attached hydrogen (secondary N) is 1. The summed E-state index contributed by atoms with van der Waals surface area (Å²) in [7, 11) is -3.59. The Labute approximate surface area is 206 Å². The van der Waals surface area contributed by atoms with Gasteiger partial charge in [-0.3, -0.25) is 9.69 Å². The summed E-state index contributed by atoms with van der Waals surface area (Å²) >= 11 is 0. The van der Waals surface area contributed by atoms with Crippen molar-refractivity contribution in [3.63, 3.8) is 0 Å². The predicted octanol–water partition coefficient (Wildman–Crippen LogP) is 3.28. The standard InChI is InChI=1S/C26H31N3O5S/c1-35(33,34)27-25(30)11-10-19-6-5-7-20(16-19)18-28-14-12-22(13-15-28)29(26(31)32)24-17-23(24)21-8-3-2-4-9-21/h2-11,16,22-24H,12-15,17-18H2,1H3,(H,27,30)(H,31,32)/t23-,24+/m0/s1. The van der Waals surface area contributed by atoms with Gasteiger partial charge in [-0.25, -0.2) is 17.9 Å². The molecule has 0 bridgehead atoms. The van der Waals surface area contributed by atoms with Crippen LogP contribution in [0.15, 0.2) is 60.7 Å². The molecule has 2 fully saturated rings. The van der Waals surface area contributed by atoms with E-state index in [2.05, 4.69) is 17.0 Å². The number of rotatable bonds is 8. The van der Waals surface area contributed by atoms with Crippen LogP contribution in [0.3, 0.4) is 0 Å². The van der Waals surface area contributed by atoms with Crippen LogP contribution in [0.1, 0.15) is 41.9 Å². The summed E-state index contributed by atoms with van der Waals surface area (Å²) in [6.07, 6.45) is 5.38. The Morgan fingerprint density at radius 2 is 1.83 bits per heavy atom. The van der Waals surface area contributed by atoms with Crippen LogP contribution >= 0.6 is 0 Å². The van der Waals surface area contributed by atoms with Crippen molar-refractivity contribution in [2.75, 3.05) is 19.3 Å². The molecule has 2 N–H and O–H groups in total. The van der Waals surface area contributed by atoms with Crippen LogP contribution in [0.25, 0.3) is 6.08 Å². The summed E-state index contributed by atoms with van der Waals surface area (Å²) in [6, 6.07) is 18.0. The van der Waals surface area contributed by atoms with E-state index in [4.69, 9.17) is 0 Å². The minimum absolute atomic E-state index is 0.0325. The molecule has 1 saturated heterocycles. The molecular formula is C26H31N3O5S. The molecule has 1 aliphatic carbocycles. The highest BCUT2D eigenvalue weighted by Gasteiger charge is 2.47. The van der Waals surface area contributed by atoms with E-state index in [0.29, 0.717) is 5.92 Å². The van der Waals surface area contributed by atoms with Gasteiger partial charge in [-0.1, -0.05) is 54.6 Å². The molecule has 1 saturated carbocycles. The minimum Gasteiger partial charge on any atom is -0.465 e. The number of amides is 2. The molecule has 2 amide bonds. The smallest absolute Gasteiger partial charge is 0.407 e. The van der Waals surface area contributed by atoms with Gasteiger partial charge in [-0.2, -0.15) is 0 Å². The van der Waals surface area contributed by atoms with E-state index in [1.165, 1.54) is 11.6 Å². The highest BCUT2D eigenvalue weighted by atomic mass is 32.2. The number of carbonyl (C=O) groups is 2. The molecule has 2 aliphatic rings. The van der Waals surface area contributed by atoms with Gasteiger partial charge in [0.25, 0.3) is 5.91 Å². The second kappa shape index (κ2) is 10.6. The van der Waals surface area contributed by atoms with Crippen LogP contribution in [-0.2, 0) is 21.4 Å². The Bertz CT molecular complexity index is 1190. The van der Waals surface area contributed by atoms with Gasteiger partial charge < -0.3 is 10.0 Å². The maximum atomic E-state index is 12.1. The first kappa shape index (κ1) is 24.9. The van der Waals surface area contributed by atoms with Crippen molar-refractivity contribution < 1.29 is 23.1 Å². The Morgan fingerprint density at radius 3 is 2.49 bits per heavy atom. The van der Waals surface area contributed by atoms with Crippen LogP contribution in [0, 0.1) is 0 Å². The third kappa shape index (κ3) is 6.93. The lowest BCUT2D eigenvalue weighted by Crippen LogP contribution is -2.48. The molecule has 4 rings (SSSR count). The molecular weight excluding hydrogens is 466 g/mol. The van der Waals surface area contributed by atoms with Gasteiger partial charge in [0.2, 0.25) is 10.0 Å². The molecule has 9 heteroatoms. The van der Waals surface area contributed by atoms with Gasteiger partial charge in [0.05, 0.1) is 6.26 Å². The molecule has 186 valence electrons. The third-order valence-corrected chi connectivity index (χ3v) is 7.16. The number of benzene rings is 2. The van der Waals surface area contributed by atoms with E-state index < -0.39 is 22.0 Å². The molecule has 1 aliphatic heterocycles. The zero-order valence-electron chi connectivity index (χ0n) is 19.7. The number of carboxylic acid groups (broad SMARTS) is 1. The van der Waals surface area contributed by atoms with Gasteiger partial charge in [0.15, 0.2) is 0 Å². The average molecular weight is 498 g/mol. The normalized spacial score (nSPS) is 21.1. The highest BCUT2D eigenvalue weighted by molar-refractivity contribution is 7.89. The monoisotopic (exact) mass is 497 g/mol. The van der Waals surface area contributed by atoms with Crippen molar-refractivity contribution in [2.45, 2.75) is 43.8 Å². The first-order chi connectivity index (χ1) is 16.7. The number of hydrogen-bond acceptors (Lipinski definition) is 5. The highest BCUT2D eigenvalue weighted by Crippen LogP contribution is 2.46. The molecule has 0 radical (unpaired) electrons. The fourth-order valence-electron chi connectivity index (χ4n) is 4.91. The van der Waals surface area contributed by atoms with Crippen LogP contribution in [0.2, 0.25) is 0 Å². The van der Waals surface area contributed by atoms with E-state index >= 15 is 0 Å². The maximum absolute atomic E-state index is 12.1. The van der Waals surface area contributed by atoms with Gasteiger partial charge >= 0.3 is 6.09 Å². The summed E-state index contributed by atoms with van der Waals surface area (Å²) in [4.78, 5) is 27.8. The predicted molar refractivity (Wildman–Crippen MR) is 134 cm³/mol. The number of hydrogen-bond donors (Lipinski definition) is 2. The van der Waals surface area contributed by atoms with Crippen molar-refractivity contribution in [3.8, 4) is 0 Å². The topological polar surface area (TPSA) is 107 Å². The van der Waals surface area contributed by atoms with Crippen molar-refractivity contribution in [1.29, 1.82) is 0 Å². The molecule has 2 aromatic carbocycles. The molecule has 0 spiro atoms. The van der Waals surface area contributed by atoms with Crippen molar-refractivity contribution in [1.82, 2.24) is 14.5 Å². The molecule has 2 atom stereocenters. The molecule has 0 unspecified atom stereocenters. The van der Waals surface area contributed by atoms with Crippen LogP contribution in [0.4, 0.5) is 4.79 Å². The second-order valence-corrected chi connectivity index (χ2v) is 11.1. The van der Waals surface area contributed by atoms with Gasteiger partial charge in [-0.15, -0.1) is 0 Å². The molecule has 8 nitrogen and oxygen atoms in total. The third-order valence-electron chi connectivity index (χ3n) is 6.58. The maximum Gasteiger partial charge on any atom is 0.407 e. The summed E-state index contributed by atoms with van der Waals surface area (Å²) in [6.45, 7) is 2.36. The zero-order valence-corrected chi connectivity index (χ0v) is 20.5. The molecule has 0 aromatic heterocycles. The average Bonchev–Trinajstić information content (AvgIpc) is 3.59. The lowest BCUT2D eigenvalue weighted by molar-refractivity contribution is -0.114. The Balaban J connectivity index is 1.31. The zero-order chi connectivity index (χ0) is 25.0. The first-order valence-corrected chi connectivity index (χ1v) is 13.7. The number of carbonyl (C=O) groups excluding carboxylic acids is 1. The van der Waals surface area contributed by atoms with E-state index in [9.17, 15) is 23.1 Å². The second-order valence-electron chi connectivity index (χ2n) is 9.33. The minimum atomic E-state index is -3.59. The summed E-state index contributed by atoms with van der Waals surface area (Å²) in [5, 5.41) is 9.93. The van der Waals surface area contributed by atoms with E-state index in [1.54, 1.807) is 11.0 Å². The van der Waals surface area contributed by atoms with Gasteiger partial charge in [0, 0.05) is 43.7 Å².